The molecule has 0 N–H and O–H groups in total. The molecule has 1 atom stereocenters. The quantitative estimate of drug-likeness (QED) is 0.645. The number of nitrogens with zero attached hydrogens (tertiary/aromatic N) is 2. The van der Waals surface area contributed by atoms with Crippen molar-refractivity contribution in [2.75, 3.05) is 21.1 Å². The average molecular weight is 389 g/mol. The van der Waals surface area contributed by atoms with Crippen molar-refractivity contribution >= 4 is 24.8 Å². The summed E-state index contributed by atoms with van der Waals surface area (Å²) in [5.74, 6) is 0.493. The number of hydrogen-bond donors (Lipinski definition) is 0. The van der Waals surface area contributed by atoms with E-state index in [4.69, 9.17) is 4.74 Å². The first-order valence-electron chi connectivity index (χ1n) is 7.79. The molecule has 2 rings (SSSR count). The lowest BCUT2D eigenvalue weighted by Crippen LogP contribution is -2.33. The second-order valence-electron chi connectivity index (χ2n) is 6.11. The van der Waals surface area contributed by atoms with E-state index >= 15 is 0 Å². The molecule has 0 saturated carbocycles. The Morgan fingerprint density at radius 1 is 0.960 bits per heavy atom. The van der Waals surface area contributed by atoms with Crippen molar-refractivity contribution in [2.24, 2.45) is 0 Å². The Morgan fingerprint density at radius 2 is 1.60 bits per heavy atom. The van der Waals surface area contributed by atoms with Gasteiger partial charge in [0.05, 0.1) is 0 Å². The topological polar surface area (TPSA) is 15.7 Å². The van der Waals surface area contributed by atoms with Gasteiger partial charge in [0, 0.05) is 18.7 Å². The van der Waals surface area contributed by atoms with Crippen LogP contribution in [0.3, 0.4) is 0 Å². The molecule has 1 unspecified atom stereocenters. The van der Waals surface area contributed by atoms with Gasteiger partial charge in [0.25, 0.3) is 0 Å². The van der Waals surface area contributed by atoms with Crippen LogP contribution in [0.5, 0.6) is 5.75 Å². The molecular formula is C19H27Cl2FN2O. The SMILES string of the molecule is CC(Oc1ccc(F)cc1CN(C)C)N(C)Cc1ccccc1.Cl.Cl. The van der Waals surface area contributed by atoms with E-state index in [0.717, 1.165) is 17.9 Å². The first kappa shape index (κ1) is 23.7. The molecule has 0 aliphatic heterocycles. The molecule has 0 fully saturated rings. The highest BCUT2D eigenvalue weighted by Gasteiger charge is 2.14. The predicted octanol–water partition coefficient (Wildman–Crippen LogP) is 4.59. The minimum absolute atomic E-state index is 0. The van der Waals surface area contributed by atoms with E-state index in [1.54, 1.807) is 12.1 Å². The molecule has 3 nitrogen and oxygen atoms in total. The minimum Gasteiger partial charge on any atom is -0.475 e. The molecule has 0 heterocycles. The summed E-state index contributed by atoms with van der Waals surface area (Å²) in [6.45, 7) is 3.44. The zero-order valence-corrected chi connectivity index (χ0v) is 16.7. The van der Waals surface area contributed by atoms with Crippen molar-refractivity contribution in [1.29, 1.82) is 0 Å². The zero-order valence-electron chi connectivity index (χ0n) is 15.1. The molecule has 6 heteroatoms. The molecule has 0 bridgehead atoms. The summed E-state index contributed by atoms with van der Waals surface area (Å²) in [6.07, 6.45) is -0.110. The monoisotopic (exact) mass is 388 g/mol. The molecule has 0 amide bonds. The standard InChI is InChI=1S/C19H25FN2O.2ClH/c1-15(22(4)13-16-8-6-5-7-9-16)23-19-11-10-18(20)12-17(19)14-21(2)3;;/h5-12,15H,13-14H2,1-4H3;2*1H. The molecule has 2 aromatic carbocycles. The summed E-state index contributed by atoms with van der Waals surface area (Å²) in [4.78, 5) is 4.12. The summed E-state index contributed by atoms with van der Waals surface area (Å²) >= 11 is 0. The predicted molar refractivity (Wildman–Crippen MR) is 106 cm³/mol. The highest BCUT2D eigenvalue weighted by Crippen LogP contribution is 2.23. The van der Waals surface area contributed by atoms with Gasteiger partial charge in [0.1, 0.15) is 17.8 Å². The fraction of sp³-hybridized carbons (Fsp3) is 0.368. The molecular weight excluding hydrogens is 362 g/mol. The zero-order chi connectivity index (χ0) is 16.8. The van der Waals surface area contributed by atoms with E-state index in [2.05, 4.69) is 17.0 Å². The molecule has 25 heavy (non-hydrogen) atoms. The molecule has 0 aromatic heterocycles. The van der Waals surface area contributed by atoms with E-state index < -0.39 is 0 Å². The summed E-state index contributed by atoms with van der Waals surface area (Å²) in [5.41, 5.74) is 2.09. The van der Waals surface area contributed by atoms with E-state index in [1.807, 2.05) is 51.2 Å². The highest BCUT2D eigenvalue weighted by atomic mass is 35.5. The minimum atomic E-state index is -0.237. The van der Waals surface area contributed by atoms with Crippen molar-refractivity contribution in [3.05, 3.63) is 65.5 Å². The van der Waals surface area contributed by atoms with Crippen LogP contribution in [0.15, 0.2) is 48.5 Å². The Morgan fingerprint density at radius 3 is 2.20 bits per heavy atom. The second-order valence-corrected chi connectivity index (χ2v) is 6.11. The van der Waals surface area contributed by atoms with Gasteiger partial charge in [0.2, 0.25) is 0 Å². The lowest BCUT2D eigenvalue weighted by Gasteiger charge is -2.27. The van der Waals surface area contributed by atoms with Crippen LogP contribution in [-0.4, -0.2) is 37.2 Å². The van der Waals surface area contributed by atoms with Crippen molar-refractivity contribution in [2.45, 2.75) is 26.2 Å². The van der Waals surface area contributed by atoms with Crippen LogP contribution in [0, 0.1) is 5.82 Å². The van der Waals surface area contributed by atoms with Crippen LogP contribution in [-0.2, 0) is 13.1 Å². The van der Waals surface area contributed by atoms with Crippen LogP contribution < -0.4 is 4.74 Å². The third-order valence-electron chi connectivity index (χ3n) is 3.70. The molecule has 0 spiro atoms. The van der Waals surface area contributed by atoms with E-state index in [9.17, 15) is 4.39 Å². The number of ether oxygens (including phenoxy) is 1. The van der Waals surface area contributed by atoms with Crippen molar-refractivity contribution in [3.63, 3.8) is 0 Å². The maximum absolute atomic E-state index is 13.5. The Kier molecular flexibility index (Phi) is 10.7. The smallest absolute Gasteiger partial charge is 0.149 e. The van der Waals surface area contributed by atoms with Gasteiger partial charge in [-0.15, -0.1) is 24.8 Å². The average Bonchev–Trinajstić information content (AvgIpc) is 2.50. The van der Waals surface area contributed by atoms with Gasteiger partial charge in [-0.1, -0.05) is 30.3 Å². The van der Waals surface area contributed by atoms with Gasteiger partial charge >= 0.3 is 0 Å². The lowest BCUT2D eigenvalue weighted by molar-refractivity contribution is 0.0536. The third-order valence-corrected chi connectivity index (χ3v) is 3.70. The highest BCUT2D eigenvalue weighted by molar-refractivity contribution is 5.85. The molecule has 140 valence electrons. The maximum Gasteiger partial charge on any atom is 0.149 e. The number of rotatable bonds is 7. The second kappa shape index (κ2) is 11.3. The first-order valence-corrected chi connectivity index (χ1v) is 7.79. The summed E-state index contributed by atoms with van der Waals surface area (Å²) in [5, 5.41) is 0. The van der Waals surface area contributed by atoms with E-state index in [-0.39, 0.29) is 36.9 Å². The normalized spacial score (nSPS) is 11.6. The molecule has 0 saturated heterocycles. The van der Waals surface area contributed by atoms with Gasteiger partial charge in [-0.25, -0.2) is 4.39 Å². The lowest BCUT2D eigenvalue weighted by atomic mass is 10.2. The number of hydrogen-bond acceptors (Lipinski definition) is 3. The summed E-state index contributed by atoms with van der Waals surface area (Å²) < 4.78 is 19.6. The van der Waals surface area contributed by atoms with Crippen LogP contribution in [0.25, 0.3) is 0 Å². The summed E-state index contributed by atoms with van der Waals surface area (Å²) in [7, 11) is 5.94. The van der Waals surface area contributed by atoms with Crippen LogP contribution in [0.4, 0.5) is 4.39 Å². The van der Waals surface area contributed by atoms with Crippen LogP contribution >= 0.6 is 24.8 Å². The van der Waals surface area contributed by atoms with Gasteiger partial charge in [-0.3, -0.25) is 4.90 Å². The Bertz CT molecular complexity index is 626. The first-order chi connectivity index (χ1) is 11.0. The molecule has 2 aromatic rings. The summed E-state index contributed by atoms with van der Waals surface area (Å²) in [6, 6.07) is 15.0. The van der Waals surface area contributed by atoms with Crippen molar-refractivity contribution in [3.8, 4) is 5.75 Å². The van der Waals surface area contributed by atoms with Crippen LogP contribution in [0.2, 0.25) is 0 Å². The maximum atomic E-state index is 13.5. The van der Waals surface area contributed by atoms with E-state index in [1.165, 1.54) is 11.6 Å². The Hall–Kier alpha value is -1.33. The van der Waals surface area contributed by atoms with Crippen LogP contribution in [0.1, 0.15) is 18.1 Å². The fourth-order valence-electron chi connectivity index (χ4n) is 2.40. The van der Waals surface area contributed by atoms with Gasteiger partial charge in [-0.2, -0.15) is 0 Å². The largest absolute Gasteiger partial charge is 0.475 e. The number of benzene rings is 2. The van der Waals surface area contributed by atoms with E-state index in [0.29, 0.717) is 6.54 Å². The fourth-order valence-corrected chi connectivity index (χ4v) is 2.40. The molecule has 0 radical (unpaired) electrons. The number of halogens is 3. The molecule has 0 aliphatic rings. The van der Waals surface area contributed by atoms with Crippen molar-refractivity contribution < 1.29 is 9.13 Å². The Labute approximate surface area is 162 Å². The molecule has 0 aliphatic carbocycles. The van der Waals surface area contributed by atoms with Gasteiger partial charge in [0.15, 0.2) is 0 Å². The van der Waals surface area contributed by atoms with Gasteiger partial charge < -0.3 is 9.64 Å². The third kappa shape index (κ3) is 7.61. The van der Waals surface area contributed by atoms with Crippen molar-refractivity contribution in [1.82, 2.24) is 9.80 Å². The Balaban J connectivity index is 0.00000288. The van der Waals surface area contributed by atoms with Gasteiger partial charge in [-0.05, 0) is 51.8 Å².